The van der Waals surface area contributed by atoms with Crippen LogP contribution < -0.4 is 4.74 Å². The lowest BCUT2D eigenvalue weighted by Crippen LogP contribution is -2.34. The van der Waals surface area contributed by atoms with Crippen LogP contribution in [0.5, 0.6) is 5.75 Å². The average molecular weight is 277 g/mol. The molecule has 2 atom stereocenters. The molecule has 1 aromatic carbocycles. The van der Waals surface area contributed by atoms with Crippen molar-refractivity contribution in [2.75, 3.05) is 20.2 Å². The molecule has 110 valence electrons. The second-order valence-electron chi connectivity index (χ2n) is 5.61. The van der Waals surface area contributed by atoms with Crippen molar-refractivity contribution in [3.63, 3.8) is 0 Å². The molecule has 2 unspecified atom stereocenters. The summed E-state index contributed by atoms with van der Waals surface area (Å²) < 4.78 is 5.17. The van der Waals surface area contributed by atoms with Crippen LogP contribution in [0.2, 0.25) is 0 Å². The monoisotopic (exact) mass is 277 g/mol. The number of aliphatic carboxylic acids is 1. The van der Waals surface area contributed by atoms with Gasteiger partial charge < -0.3 is 9.84 Å². The van der Waals surface area contributed by atoms with E-state index < -0.39 is 11.4 Å². The third kappa shape index (κ3) is 2.66. The Morgan fingerprint density at radius 1 is 1.45 bits per heavy atom. The fourth-order valence-corrected chi connectivity index (χ4v) is 2.94. The summed E-state index contributed by atoms with van der Waals surface area (Å²) in [4.78, 5) is 13.8. The predicted octanol–water partition coefficient (Wildman–Crippen LogP) is 2.94. The largest absolute Gasteiger partial charge is 0.497 e. The van der Waals surface area contributed by atoms with Gasteiger partial charge in [0.05, 0.1) is 12.5 Å². The van der Waals surface area contributed by atoms with E-state index >= 15 is 0 Å². The number of ether oxygens (including phenoxy) is 1. The number of carbonyl (C=O) groups is 1. The Morgan fingerprint density at radius 2 is 2.10 bits per heavy atom. The van der Waals surface area contributed by atoms with Gasteiger partial charge in [-0.15, -0.1) is 0 Å². The first kappa shape index (κ1) is 14.9. The van der Waals surface area contributed by atoms with Crippen molar-refractivity contribution in [2.45, 2.75) is 32.7 Å². The number of carboxylic acids is 1. The molecule has 1 saturated heterocycles. The molecule has 20 heavy (non-hydrogen) atoms. The molecule has 0 amide bonds. The van der Waals surface area contributed by atoms with Gasteiger partial charge >= 0.3 is 5.97 Å². The number of benzene rings is 1. The minimum atomic E-state index is -0.663. The van der Waals surface area contributed by atoms with Gasteiger partial charge in [0.2, 0.25) is 0 Å². The van der Waals surface area contributed by atoms with E-state index in [2.05, 4.69) is 24.0 Å². The summed E-state index contributed by atoms with van der Waals surface area (Å²) in [6.45, 7) is 5.57. The van der Waals surface area contributed by atoms with Crippen molar-refractivity contribution >= 4 is 5.97 Å². The molecular weight excluding hydrogens is 254 g/mol. The van der Waals surface area contributed by atoms with Crippen LogP contribution in [-0.4, -0.2) is 36.2 Å². The molecule has 1 aromatic rings. The van der Waals surface area contributed by atoms with E-state index in [4.69, 9.17) is 4.74 Å². The molecule has 1 aliphatic rings. The summed E-state index contributed by atoms with van der Waals surface area (Å²) in [6, 6.07) is 8.23. The molecule has 1 fully saturated rings. The maximum atomic E-state index is 11.5. The second kappa shape index (κ2) is 5.83. The number of carboxylic acid groups (broad SMARTS) is 1. The van der Waals surface area contributed by atoms with Crippen LogP contribution in [0.15, 0.2) is 24.3 Å². The minimum absolute atomic E-state index is 0.230. The number of nitrogens with zero attached hydrogens (tertiary/aromatic N) is 1. The summed E-state index contributed by atoms with van der Waals surface area (Å²) >= 11 is 0. The first-order chi connectivity index (χ1) is 9.52. The highest BCUT2D eigenvalue weighted by Gasteiger charge is 2.44. The molecule has 4 nitrogen and oxygen atoms in total. The minimum Gasteiger partial charge on any atom is -0.497 e. The van der Waals surface area contributed by atoms with E-state index in [9.17, 15) is 9.90 Å². The van der Waals surface area contributed by atoms with E-state index in [0.717, 1.165) is 18.7 Å². The van der Waals surface area contributed by atoms with E-state index in [1.54, 1.807) is 7.11 Å². The maximum absolute atomic E-state index is 11.5. The maximum Gasteiger partial charge on any atom is 0.310 e. The van der Waals surface area contributed by atoms with Crippen molar-refractivity contribution in [3.8, 4) is 5.75 Å². The van der Waals surface area contributed by atoms with Crippen molar-refractivity contribution in [1.29, 1.82) is 0 Å². The molecule has 4 heteroatoms. The first-order valence-electron chi connectivity index (χ1n) is 7.14. The molecule has 0 saturated carbocycles. The van der Waals surface area contributed by atoms with E-state index in [1.165, 1.54) is 5.56 Å². The van der Waals surface area contributed by atoms with Gasteiger partial charge in [-0.05, 0) is 44.0 Å². The third-order valence-electron chi connectivity index (χ3n) is 4.66. The van der Waals surface area contributed by atoms with Crippen LogP contribution in [0.25, 0.3) is 0 Å². The van der Waals surface area contributed by atoms with Crippen LogP contribution in [-0.2, 0) is 4.79 Å². The van der Waals surface area contributed by atoms with E-state index in [-0.39, 0.29) is 6.04 Å². The van der Waals surface area contributed by atoms with Crippen LogP contribution in [0.3, 0.4) is 0 Å². The zero-order chi connectivity index (χ0) is 14.8. The fourth-order valence-electron chi connectivity index (χ4n) is 2.94. The van der Waals surface area contributed by atoms with Gasteiger partial charge in [0.15, 0.2) is 0 Å². The fraction of sp³-hybridized carbons (Fsp3) is 0.562. The van der Waals surface area contributed by atoms with E-state index in [0.29, 0.717) is 13.0 Å². The Labute approximate surface area is 120 Å². The first-order valence-corrected chi connectivity index (χ1v) is 7.14. The van der Waals surface area contributed by atoms with E-state index in [1.807, 2.05) is 19.1 Å². The molecule has 2 rings (SSSR count). The molecule has 0 radical (unpaired) electrons. The number of likely N-dealkylation sites (tertiary alicyclic amines) is 1. The van der Waals surface area contributed by atoms with Gasteiger partial charge in [0.1, 0.15) is 5.75 Å². The standard InChI is InChI=1S/C16H23NO3/c1-4-16(15(18)19)9-10-17(11-16)12(2)13-5-7-14(20-3)8-6-13/h5-8,12H,4,9-11H2,1-3H3,(H,18,19). The Bertz CT molecular complexity index is 471. The second-order valence-corrected chi connectivity index (χ2v) is 5.61. The smallest absolute Gasteiger partial charge is 0.310 e. The predicted molar refractivity (Wildman–Crippen MR) is 78.0 cm³/mol. The molecule has 1 N–H and O–H groups in total. The van der Waals surface area contributed by atoms with Crippen LogP contribution in [0, 0.1) is 5.41 Å². The van der Waals surface area contributed by atoms with Gasteiger partial charge in [-0.3, -0.25) is 9.69 Å². The zero-order valence-electron chi connectivity index (χ0n) is 12.4. The van der Waals surface area contributed by atoms with Crippen LogP contribution in [0.1, 0.15) is 38.3 Å². The lowest BCUT2D eigenvalue weighted by atomic mass is 9.84. The van der Waals surface area contributed by atoms with Gasteiger partial charge in [-0.25, -0.2) is 0 Å². The molecule has 1 heterocycles. The van der Waals surface area contributed by atoms with Crippen molar-refractivity contribution in [2.24, 2.45) is 5.41 Å². The Balaban J connectivity index is 2.10. The number of hydrogen-bond acceptors (Lipinski definition) is 3. The lowest BCUT2D eigenvalue weighted by Gasteiger charge is -2.27. The van der Waals surface area contributed by atoms with Crippen molar-refractivity contribution in [1.82, 2.24) is 4.90 Å². The van der Waals surface area contributed by atoms with Gasteiger partial charge in [0.25, 0.3) is 0 Å². The SMILES string of the molecule is CCC1(C(=O)O)CCN(C(C)c2ccc(OC)cc2)C1. The van der Waals surface area contributed by atoms with Gasteiger partial charge in [-0.1, -0.05) is 19.1 Å². The summed E-state index contributed by atoms with van der Waals surface area (Å²) in [7, 11) is 1.65. The highest BCUT2D eigenvalue weighted by molar-refractivity contribution is 5.75. The molecular formula is C16H23NO3. The number of methoxy groups -OCH3 is 1. The Morgan fingerprint density at radius 3 is 2.55 bits per heavy atom. The van der Waals surface area contributed by atoms with Gasteiger partial charge in [-0.2, -0.15) is 0 Å². The molecule has 0 aromatic heterocycles. The topological polar surface area (TPSA) is 49.8 Å². The average Bonchev–Trinajstić information content (AvgIpc) is 2.92. The number of rotatable bonds is 5. The lowest BCUT2D eigenvalue weighted by molar-refractivity contribution is -0.148. The van der Waals surface area contributed by atoms with Crippen LogP contribution in [0.4, 0.5) is 0 Å². The summed E-state index contributed by atoms with van der Waals surface area (Å²) in [5, 5.41) is 9.46. The van der Waals surface area contributed by atoms with Gasteiger partial charge in [0, 0.05) is 12.6 Å². The highest BCUT2D eigenvalue weighted by atomic mass is 16.5. The molecule has 1 aliphatic heterocycles. The third-order valence-corrected chi connectivity index (χ3v) is 4.66. The quantitative estimate of drug-likeness (QED) is 0.899. The number of hydrogen-bond donors (Lipinski definition) is 1. The molecule has 0 bridgehead atoms. The Kier molecular flexibility index (Phi) is 4.33. The summed E-state index contributed by atoms with van der Waals surface area (Å²) in [5.41, 5.74) is 0.629. The normalized spacial score (nSPS) is 24.6. The zero-order valence-corrected chi connectivity index (χ0v) is 12.4. The highest BCUT2D eigenvalue weighted by Crippen LogP contribution is 2.38. The Hall–Kier alpha value is -1.55. The molecule has 0 aliphatic carbocycles. The molecule has 0 spiro atoms. The van der Waals surface area contributed by atoms with Crippen molar-refractivity contribution in [3.05, 3.63) is 29.8 Å². The summed E-state index contributed by atoms with van der Waals surface area (Å²) in [6.07, 6.45) is 1.42. The van der Waals surface area contributed by atoms with Crippen molar-refractivity contribution < 1.29 is 14.6 Å². The van der Waals surface area contributed by atoms with Crippen LogP contribution >= 0.6 is 0 Å². The summed E-state index contributed by atoms with van der Waals surface area (Å²) in [5.74, 6) is 0.181.